The highest BCUT2D eigenvalue weighted by Gasteiger charge is 2.16. The van der Waals surface area contributed by atoms with Crippen LogP contribution in [0.25, 0.3) is 11.4 Å². The van der Waals surface area contributed by atoms with Gasteiger partial charge in [-0.3, -0.25) is 0 Å². The van der Waals surface area contributed by atoms with Crippen LogP contribution in [0.5, 0.6) is 0 Å². The lowest BCUT2D eigenvalue weighted by Crippen LogP contribution is -2.21. The van der Waals surface area contributed by atoms with Gasteiger partial charge in [0.25, 0.3) is 0 Å². The van der Waals surface area contributed by atoms with Crippen LogP contribution >= 0.6 is 24.0 Å². The van der Waals surface area contributed by atoms with Gasteiger partial charge < -0.3 is 9.84 Å². The first-order valence-electron chi connectivity index (χ1n) is 6.63. The quantitative estimate of drug-likeness (QED) is 0.938. The smallest absolute Gasteiger partial charge is 0.227 e. The SMILES string of the molecule is Cl.Clc1cccc(-c2noc(CCC3CCCN3)n2)c1. The number of benzene rings is 1. The van der Waals surface area contributed by atoms with E-state index in [4.69, 9.17) is 16.1 Å². The lowest BCUT2D eigenvalue weighted by Gasteiger charge is -2.06. The average molecular weight is 314 g/mol. The predicted octanol–water partition coefficient (Wildman–Crippen LogP) is 3.50. The van der Waals surface area contributed by atoms with E-state index in [0.29, 0.717) is 22.8 Å². The Kier molecular flexibility index (Phi) is 5.40. The minimum Gasteiger partial charge on any atom is -0.339 e. The second-order valence-corrected chi connectivity index (χ2v) is 5.29. The summed E-state index contributed by atoms with van der Waals surface area (Å²) in [5.74, 6) is 1.31. The highest BCUT2D eigenvalue weighted by molar-refractivity contribution is 6.30. The largest absolute Gasteiger partial charge is 0.339 e. The van der Waals surface area contributed by atoms with Crippen LogP contribution in [0, 0.1) is 0 Å². The Morgan fingerprint density at radius 2 is 2.30 bits per heavy atom. The third-order valence-electron chi connectivity index (χ3n) is 3.42. The highest BCUT2D eigenvalue weighted by atomic mass is 35.5. The van der Waals surface area contributed by atoms with Gasteiger partial charge in [0.2, 0.25) is 11.7 Å². The summed E-state index contributed by atoms with van der Waals surface area (Å²) in [5, 5.41) is 8.15. The molecule has 0 saturated carbocycles. The number of nitrogens with one attached hydrogen (secondary N) is 1. The zero-order valence-corrected chi connectivity index (χ0v) is 12.6. The molecule has 108 valence electrons. The fraction of sp³-hybridized carbons (Fsp3) is 0.429. The Labute approximate surface area is 129 Å². The standard InChI is InChI=1S/C14H16ClN3O.ClH/c15-11-4-1-3-10(9-11)14-17-13(19-18-14)7-6-12-5-2-8-16-12;/h1,3-4,9,12,16H,2,5-8H2;1H. The van der Waals surface area contributed by atoms with Crippen molar-refractivity contribution < 1.29 is 4.52 Å². The van der Waals surface area contributed by atoms with Crippen LogP contribution in [0.15, 0.2) is 28.8 Å². The molecule has 0 aliphatic carbocycles. The monoisotopic (exact) mass is 313 g/mol. The third kappa shape index (κ3) is 3.72. The predicted molar refractivity (Wildman–Crippen MR) is 81.3 cm³/mol. The van der Waals surface area contributed by atoms with E-state index < -0.39 is 0 Å². The summed E-state index contributed by atoms with van der Waals surface area (Å²) < 4.78 is 5.29. The first-order valence-corrected chi connectivity index (χ1v) is 7.01. The van der Waals surface area contributed by atoms with Crippen LogP contribution in [0.1, 0.15) is 25.2 Å². The summed E-state index contributed by atoms with van der Waals surface area (Å²) in [6.45, 7) is 1.13. The zero-order chi connectivity index (χ0) is 13.1. The van der Waals surface area contributed by atoms with E-state index in [0.717, 1.165) is 24.9 Å². The Hall–Kier alpha value is -1.10. The van der Waals surface area contributed by atoms with Crippen molar-refractivity contribution in [1.29, 1.82) is 0 Å². The van der Waals surface area contributed by atoms with Gasteiger partial charge in [-0.05, 0) is 37.9 Å². The number of aromatic nitrogens is 2. The third-order valence-corrected chi connectivity index (χ3v) is 3.66. The van der Waals surface area contributed by atoms with Gasteiger partial charge in [-0.2, -0.15) is 4.98 Å². The molecule has 0 bridgehead atoms. The maximum Gasteiger partial charge on any atom is 0.227 e. The minimum absolute atomic E-state index is 0. The number of rotatable bonds is 4. The molecule has 1 aromatic heterocycles. The Bertz CT molecular complexity index is 553. The molecule has 4 nitrogen and oxygen atoms in total. The molecule has 1 N–H and O–H groups in total. The lowest BCUT2D eigenvalue weighted by molar-refractivity contribution is 0.369. The van der Waals surface area contributed by atoms with Gasteiger partial charge in [-0.25, -0.2) is 0 Å². The molecule has 2 heterocycles. The normalized spacial score (nSPS) is 17.9. The Balaban J connectivity index is 0.00000147. The average Bonchev–Trinajstić information content (AvgIpc) is 3.08. The van der Waals surface area contributed by atoms with E-state index in [9.17, 15) is 0 Å². The molecule has 1 fully saturated rings. The first-order chi connectivity index (χ1) is 9.31. The molecular formula is C14H17Cl2N3O. The van der Waals surface area contributed by atoms with Crippen LogP contribution in [0.3, 0.4) is 0 Å². The number of nitrogens with zero attached hydrogens (tertiary/aromatic N) is 2. The van der Waals surface area contributed by atoms with Crippen molar-refractivity contribution >= 4 is 24.0 Å². The van der Waals surface area contributed by atoms with Crippen LogP contribution in [0.2, 0.25) is 5.02 Å². The Morgan fingerprint density at radius 3 is 3.05 bits per heavy atom. The molecule has 0 spiro atoms. The summed E-state index contributed by atoms with van der Waals surface area (Å²) in [6.07, 6.45) is 4.39. The summed E-state index contributed by atoms with van der Waals surface area (Å²) in [6, 6.07) is 8.09. The van der Waals surface area contributed by atoms with Crippen LogP contribution in [-0.4, -0.2) is 22.7 Å². The van der Waals surface area contributed by atoms with E-state index in [1.165, 1.54) is 12.8 Å². The van der Waals surface area contributed by atoms with Crippen molar-refractivity contribution in [3.8, 4) is 11.4 Å². The summed E-state index contributed by atoms with van der Waals surface area (Å²) in [7, 11) is 0. The second kappa shape index (κ2) is 7.07. The maximum atomic E-state index is 5.95. The van der Waals surface area contributed by atoms with Crippen molar-refractivity contribution in [2.75, 3.05) is 6.54 Å². The van der Waals surface area contributed by atoms with Gasteiger partial charge in [0.15, 0.2) is 0 Å². The summed E-state index contributed by atoms with van der Waals surface area (Å²) in [4.78, 5) is 4.42. The molecule has 0 radical (unpaired) electrons. The van der Waals surface area contributed by atoms with E-state index >= 15 is 0 Å². The molecule has 1 unspecified atom stereocenters. The van der Waals surface area contributed by atoms with Gasteiger partial charge in [0, 0.05) is 23.0 Å². The van der Waals surface area contributed by atoms with E-state index in [1.807, 2.05) is 24.3 Å². The second-order valence-electron chi connectivity index (χ2n) is 4.85. The Morgan fingerprint density at radius 1 is 1.40 bits per heavy atom. The molecule has 2 aromatic rings. The summed E-state index contributed by atoms with van der Waals surface area (Å²) >= 11 is 5.95. The van der Waals surface area contributed by atoms with Crippen molar-refractivity contribution in [3.05, 3.63) is 35.2 Å². The maximum absolute atomic E-state index is 5.95. The number of hydrogen-bond donors (Lipinski definition) is 1. The molecular weight excluding hydrogens is 297 g/mol. The van der Waals surface area contributed by atoms with Gasteiger partial charge >= 0.3 is 0 Å². The minimum atomic E-state index is 0. The molecule has 1 saturated heterocycles. The molecule has 20 heavy (non-hydrogen) atoms. The lowest BCUT2D eigenvalue weighted by atomic mass is 10.1. The molecule has 1 aliphatic rings. The van der Waals surface area contributed by atoms with Crippen molar-refractivity contribution in [2.45, 2.75) is 31.7 Å². The number of hydrogen-bond acceptors (Lipinski definition) is 4. The zero-order valence-electron chi connectivity index (χ0n) is 11.0. The van der Waals surface area contributed by atoms with Crippen molar-refractivity contribution in [2.24, 2.45) is 0 Å². The number of halogens is 2. The fourth-order valence-corrected chi connectivity index (χ4v) is 2.59. The molecule has 1 atom stereocenters. The van der Waals surface area contributed by atoms with Gasteiger partial charge in [-0.1, -0.05) is 28.9 Å². The van der Waals surface area contributed by atoms with Crippen LogP contribution in [0.4, 0.5) is 0 Å². The van der Waals surface area contributed by atoms with E-state index in [1.54, 1.807) is 0 Å². The molecule has 1 aromatic carbocycles. The molecule has 0 amide bonds. The van der Waals surface area contributed by atoms with Crippen molar-refractivity contribution in [3.63, 3.8) is 0 Å². The van der Waals surface area contributed by atoms with Gasteiger partial charge in [-0.15, -0.1) is 12.4 Å². The van der Waals surface area contributed by atoms with E-state index in [2.05, 4.69) is 15.5 Å². The first kappa shape index (κ1) is 15.3. The topological polar surface area (TPSA) is 51.0 Å². The molecule has 1 aliphatic heterocycles. The van der Waals surface area contributed by atoms with Gasteiger partial charge in [0.1, 0.15) is 0 Å². The summed E-state index contributed by atoms with van der Waals surface area (Å²) in [5.41, 5.74) is 0.890. The van der Waals surface area contributed by atoms with E-state index in [-0.39, 0.29) is 12.4 Å². The molecule has 3 rings (SSSR count). The fourth-order valence-electron chi connectivity index (χ4n) is 2.40. The highest BCUT2D eigenvalue weighted by Crippen LogP contribution is 2.20. The number of aryl methyl sites for hydroxylation is 1. The van der Waals surface area contributed by atoms with Crippen LogP contribution in [-0.2, 0) is 6.42 Å². The van der Waals surface area contributed by atoms with Gasteiger partial charge in [0.05, 0.1) is 0 Å². The van der Waals surface area contributed by atoms with Crippen LogP contribution < -0.4 is 5.32 Å². The van der Waals surface area contributed by atoms with Crippen molar-refractivity contribution in [1.82, 2.24) is 15.5 Å². The molecule has 6 heteroatoms.